The molecule has 37 heavy (non-hydrogen) atoms. The number of nitrogens with one attached hydrogen (secondary N) is 2. The van der Waals surface area contributed by atoms with Crippen LogP contribution in [0, 0.1) is 5.82 Å². The van der Waals surface area contributed by atoms with Crippen LogP contribution in [-0.4, -0.2) is 61.4 Å². The molecule has 0 unspecified atom stereocenters. The van der Waals surface area contributed by atoms with Crippen molar-refractivity contribution in [3.63, 3.8) is 0 Å². The van der Waals surface area contributed by atoms with Crippen LogP contribution in [0.15, 0.2) is 53.7 Å². The number of amidine groups is 1. The first-order valence-corrected chi connectivity index (χ1v) is 12.6. The van der Waals surface area contributed by atoms with Gasteiger partial charge < -0.3 is 30.7 Å². The maximum absolute atomic E-state index is 14.3. The third-order valence-electron chi connectivity index (χ3n) is 6.30. The fourth-order valence-corrected chi connectivity index (χ4v) is 4.46. The van der Waals surface area contributed by atoms with Gasteiger partial charge in [-0.25, -0.2) is 14.4 Å². The van der Waals surface area contributed by atoms with Gasteiger partial charge in [0.2, 0.25) is 5.95 Å². The second-order valence-corrected chi connectivity index (χ2v) is 9.23. The average Bonchev–Trinajstić information content (AvgIpc) is 2.92. The lowest BCUT2D eigenvalue weighted by atomic mass is 10.1. The standard InChI is InChI=1S/C26H29ClFN7O2/c27-21-2-1-3-22(28)23(21)33-24(29)20-16-30-26(34-25(20)31-18-8-12-36-13-9-18)32-17-4-6-19(7-5-17)35-10-14-37-15-11-35/h1-7,16,18H,8-15H2,(H2,29,33)(H2,30,31,32,34). The summed E-state index contributed by atoms with van der Waals surface area (Å²) in [6.07, 6.45) is 3.23. The highest BCUT2D eigenvalue weighted by Gasteiger charge is 2.19. The van der Waals surface area contributed by atoms with Crippen LogP contribution in [-0.2, 0) is 9.47 Å². The van der Waals surface area contributed by atoms with Crippen LogP contribution in [0.25, 0.3) is 0 Å². The van der Waals surface area contributed by atoms with Gasteiger partial charge in [0.05, 0.1) is 23.8 Å². The molecule has 2 aliphatic rings. The molecule has 11 heteroatoms. The first-order chi connectivity index (χ1) is 18.1. The molecule has 1 aromatic heterocycles. The lowest BCUT2D eigenvalue weighted by molar-refractivity contribution is 0.0904. The van der Waals surface area contributed by atoms with Gasteiger partial charge in [-0.05, 0) is 49.2 Å². The first kappa shape index (κ1) is 25.2. The number of anilines is 4. The minimum absolute atomic E-state index is 0.0266. The summed E-state index contributed by atoms with van der Waals surface area (Å²) in [4.78, 5) is 15.7. The maximum atomic E-state index is 14.3. The molecule has 9 nitrogen and oxygen atoms in total. The number of benzene rings is 2. The second kappa shape index (κ2) is 11.7. The van der Waals surface area contributed by atoms with Gasteiger partial charge in [-0.2, -0.15) is 4.98 Å². The molecule has 5 rings (SSSR count). The zero-order chi connectivity index (χ0) is 25.6. The number of aliphatic imine (C=N–C) groups is 1. The Morgan fingerprint density at radius 1 is 1.05 bits per heavy atom. The van der Waals surface area contributed by atoms with Gasteiger partial charge in [0.25, 0.3) is 0 Å². The Morgan fingerprint density at radius 3 is 2.51 bits per heavy atom. The number of aromatic nitrogens is 2. The van der Waals surface area contributed by atoms with Gasteiger partial charge in [0.1, 0.15) is 23.2 Å². The van der Waals surface area contributed by atoms with Crippen LogP contribution in [0.4, 0.5) is 33.2 Å². The summed E-state index contributed by atoms with van der Waals surface area (Å²) in [5, 5.41) is 6.87. The predicted molar refractivity (Wildman–Crippen MR) is 144 cm³/mol. The van der Waals surface area contributed by atoms with Gasteiger partial charge in [-0.15, -0.1) is 0 Å². The minimum atomic E-state index is -0.561. The van der Waals surface area contributed by atoms with Crippen molar-refractivity contribution in [3.8, 4) is 0 Å². The molecule has 2 saturated heterocycles. The molecule has 0 amide bonds. The zero-order valence-corrected chi connectivity index (χ0v) is 21.0. The van der Waals surface area contributed by atoms with E-state index in [0.29, 0.717) is 30.5 Å². The van der Waals surface area contributed by atoms with E-state index in [1.807, 2.05) is 12.1 Å². The minimum Gasteiger partial charge on any atom is -0.383 e. The van der Waals surface area contributed by atoms with E-state index in [1.54, 1.807) is 12.3 Å². The number of morpholine rings is 1. The van der Waals surface area contributed by atoms with Crippen LogP contribution in [0.3, 0.4) is 0 Å². The van der Waals surface area contributed by atoms with Crippen molar-refractivity contribution in [2.75, 3.05) is 55.1 Å². The quantitative estimate of drug-likeness (QED) is 0.306. The Labute approximate surface area is 219 Å². The summed E-state index contributed by atoms with van der Waals surface area (Å²) < 4.78 is 25.2. The zero-order valence-electron chi connectivity index (χ0n) is 20.3. The van der Waals surface area contributed by atoms with E-state index >= 15 is 0 Å². The Kier molecular flexibility index (Phi) is 7.98. The second-order valence-electron chi connectivity index (χ2n) is 8.83. The summed E-state index contributed by atoms with van der Waals surface area (Å²) in [6.45, 7) is 4.54. The van der Waals surface area contributed by atoms with Crippen molar-refractivity contribution in [1.82, 2.24) is 9.97 Å². The Morgan fingerprint density at radius 2 is 1.78 bits per heavy atom. The van der Waals surface area contributed by atoms with Gasteiger partial charge in [0.15, 0.2) is 0 Å². The van der Waals surface area contributed by atoms with E-state index in [2.05, 4.69) is 37.6 Å². The van der Waals surface area contributed by atoms with Crippen molar-refractivity contribution >= 4 is 46.3 Å². The molecule has 0 saturated carbocycles. The van der Waals surface area contributed by atoms with Crippen LogP contribution >= 0.6 is 11.6 Å². The topological polar surface area (TPSA) is 110 Å². The van der Waals surface area contributed by atoms with Gasteiger partial charge in [-0.1, -0.05) is 17.7 Å². The van der Waals surface area contributed by atoms with Crippen molar-refractivity contribution in [3.05, 3.63) is 65.1 Å². The lowest BCUT2D eigenvalue weighted by Crippen LogP contribution is -2.36. The van der Waals surface area contributed by atoms with E-state index in [4.69, 9.17) is 31.8 Å². The molecule has 3 heterocycles. The summed E-state index contributed by atoms with van der Waals surface area (Å²) in [6, 6.07) is 12.6. The number of hydrogen-bond acceptors (Lipinski definition) is 8. The molecule has 194 valence electrons. The maximum Gasteiger partial charge on any atom is 0.229 e. The molecule has 4 N–H and O–H groups in total. The van der Waals surface area contributed by atoms with Crippen molar-refractivity contribution < 1.29 is 13.9 Å². The lowest BCUT2D eigenvalue weighted by Gasteiger charge is -2.28. The van der Waals surface area contributed by atoms with Gasteiger partial charge in [-0.3, -0.25) is 0 Å². The monoisotopic (exact) mass is 525 g/mol. The summed E-state index contributed by atoms with van der Waals surface area (Å²) in [5.74, 6) is 0.397. The molecule has 0 atom stereocenters. The third kappa shape index (κ3) is 6.27. The van der Waals surface area contributed by atoms with Crippen molar-refractivity contribution in [2.24, 2.45) is 10.7 Å². The fraction of sp³-hybridized carbons (Fsp3) is 0.346. The molecule has 3 aromatic rings. The molecule has 0 spiro atoms. The third-order valence-corrected chi connectivity index (χ3v) is 6.60. The molecule has 2 fully saturated rings. The number of hydrogen-bond donors (Lipinski definition) is 3. The number of nitrogens with zero attached hydrogens (tertiary/aromatic N) is 4. The van der Waals surface area contributed by atoms with E-state index in [-0.39, 0.29) is 22.6 Å². The van der Waals surface area contributed by atoms with Crippen LogP contribution in [0.2, 0.25) is 5.02 Å². The molecule has 2 aliphatic heterocycles. The molecular formula is C26H29ClFN7O2. The number of para-hydroxylation sites is 1. The molecule has 0 aliphatic carbocycles. The van der Waals surface area contributed by atoms with E-state index < -0.39 is 5.82 Å². The predicted octanol–water partition coefficient (Wildman–Crippen LogP) is 4.48. The number of rotatable bonds is 7. The Bertz CT molecular complexity index is 1230. The van der Waals surface area contributed by atoms with Crippen LogP contribution < -0.4 is 21.3 Å². The number of halogens is 2. The highest BCUT2D eigenvalue weighted by Crippen LogP contribution is 2.29. The van der Waals surface area contributed by atoms with Gasteiger partial charge >= 0.3 is 0 Å². The number of nitrogens with two attached hydrogens (primary N) is 1. The largest absolute Gasteiger partial charge is 0.383 e. The molecule has 0 radical (unpaired) electrons. The average molecular weight is 526 g/mol. The van der Waals surface area contributed by atoms with Crippen LogP contribution in [0.5, 0.6) is 0 Å². The Balaban J connectivity index is 1.40. The summed E-state index contributed by atoms with van der Waals surface area (Å²) >= 11 is 6.15. The Hall–Kier alpha value is -3.47. The number of ether oxygens (including phenoxy) is 2. The SMILES string of the molecule is NC(=Nc1c(F)cccc1Cl)c1cnc(Nc2ccc(N3CCOCC3)cc2)nc1NC1CCOCC1. The van der Waals surface area contributed by atoms with Crippen molar-refractivity contribution in [1.29, 1.82) is 0 Å². The van der Waals surface area contributed by atoms with E-state index in [9.17, 15) is 4.39 Å². The van der Waals surface area contributed by atoms with E-state index in [1.165, 1.54) is 12.1 Å². The normalized spacial score (nSPS) is 17.0. The molecule has 0 bridgehead atoms. The summed E-state index contributed by atoms with van der Waals surface area (Å²) in [7, 11) is 0. The molecular weight excluding hydrogens is 497 g/mol. The highest BCUT2D eigenvalue weighted by atomic mass is 35.5. The smallest absolute Gasteiger partial charge is 0.229 e. The van der Waals surface area contributed by atoms with Crippen LogP contribution in [0.1, 0.15) is 18.4 Å². The van der Waals surface area contributed by atoms with Crippen molar-refractivity contribution in [2.45, 2.75) is 18.9 Å². The van der Waals surface area contributed by atoms with E-state index in [0.717, 1.165) is 50.5 Å². The molecule has 2 aromatic carbocycles. The fourth-order valence-electron chi connectivity index (χ4n) is 4.26. The summed E-state index contributed by atoms with van der Waals surface area (Å²) in [5.41, 5.74) is 8.73. The first-order valence-electron chi connectivity index (χ1n) is 12.3. The highest BCUT2D eigenvalue weighted by molar-refractivity contribution is 6.33. The van der Waals surface area contributed by atoms with Gasteiger partial charge in [0, 0.05) is 49.9 Å².